The second-order valence-corrected chi connectivity index (χ2v) is 4.90. The molecular weight excluding hydrogens is 224 g/mol. The minimum Gasteiger partial charge on any atom is -0.396 e. The van der Waals surface area contributed by atoms with Crippen LogP contribution >= 0.6 is 0 Å². The maximum absolute atomic E-state index is 13.5. The number of halogens is 2. The lowest BCUT2D eigenvalue weighted by Gasteiger charge is -2.19. The van der Waals surface area contributed by atoms with Crippen LogP contribution in [0.1, 0.15) is 31.4 Å². The maximum atomic E-state index is 13.5. The minimum absolute atomic E-state index is 0.0297. The van der Waals surface area contributed by atoms with Crippen LogP contribution in [0.15, 0.2) is 18.2 Å². The van der Waals surface area contributed by atoms with Crippen LogP contribution in [0.4, 0.5) is 8.78 Å². The smallest absolute Gasteiger partial charge is 0.163 e. The van der Waals surface area contributed by atoms with Crippen molar-refractivity contribution in [3.8, 4) is 0 Å². The lowest BCUT2D eigenvalue weighted by molar-refractivity contribution is 0.204. The van der Waals surface area contributed by atoms with Crippen LogP contribution in [0.2, 0.25) is 0 Å². The van der Waals surface area contributed by atoms with E-state index < -0.39 is 11.6 Å². The van der Waals surface area contributed by atoms with Crippen LogP contribution in [-0.4, -0.2) is 18.3 Å². The van der Waals surface area contributed by atoms with E-state index in [1.807, 2.05) is 0 Å². The zero-order valence-electron chi connectivity index (χ0n) is 9.84. The third-order valence-electron chi connectivity index (χ3n) is 3.52. The highest BCUT2D eigenvalue weighted by atomic mass is 19.2. The average molecular weight is 241 g/mol. The Labute approximate surface area is 99.7 Å². The predicted molar refractivity (Wildman–Crippen MR) is 61.5 cm³/mol. The lowest BCUT2D eigenvalue weighted by Crippen LogP contribution is -2.29. The van der Waals surface area contributed by atoms with Gasteiger partial charge in [0.2, 0.25) is 0 Å². The molecule has 1 unspecified atom stereocenters. The fraction of sp³-hybridized carbons (Fsp3) is 0.538. The average Bonchev–Trinajstić information content (AvgIpc) is 3.10. The van der Waals surface area contributed by atoms with Crippen LogP contribution in [0.3, 0.4) is 0 Å². The van der Waals surface area contributed by atoms with E-state index >= 15 is 0 Å². The number of aliphatic hydroxyl groups is 1. The summed E-state index contributed by atoms with van der Waals surface area (Å²) in [6.45, 7) is 2.59. The van der Waals surface area contributed by atoms with Gasteiger partial charge in [-0.2, -0.15) is 0 Å². The van der Waals surface area contributed by atoms with Crippen LogP contribution < -0.4 is 5.32 Å². The Morgan fingerprint density at radius 2 is 2.12 bits per heavy atom. The molecule has 2 N–H and O–H groups in total. The molecule has 0 heterocycles. The number of rotatable bonds is 5. The van der Waals surface area contributed by atoms with Crippen molar-refractivity contribution < 1.29 is 13.9 Å². The van der Waals surface area contributed by atoms with Crippen molar-refractivity contribution in [2.45, 2.75) is 25.8 Å². The van der Waals surface area contributed by atoms with Crippen LogP contribution in [0.5, 0.6) is 0 Å². The van der Waals surface area contributed by atoms with Gasteiger partial charge in [-0.1, -0.05) is 12.1 Å². The van der Waals surface area contributed by atoms with Gasteiger partial charge in [-0.15, -0.1) is 0 Å². The van der Waals surface area contributed by atoms with Gasteiger partial charge in [0.25, 0.3) is 0 Å². The summed E-state index contributed by atoms with van der Waals surface area (Å²) in [6, 6.07) is 3.94. The molecule has 0 aliphatic heterocycles. The molecule has 2 rings (SSSR count). The number of hydrogen-bond donors (Lipinski definition) is 2. The SMILES string of the molecule is CC(NCC1(CO)CC1)c1cccc(F)c1F. The third kappa shape index (κ3) is 2.64. The maximum Gasteiger partial charge on any atom is 0.163 e. The predicted octanol–water partition coefficient (Wildman–Crippen LogP) is 2.39. The molecule has 0 aromatic heterocycles. The number of hydrogen-bond acceptors (Lipinski definition) is 2. The molecule has 94 valence electrons. The van der Waals surface area contributed by atoms with E-state index in [1.165, 1.54) is 6.07 Å². The zero-order valence-corrected chi connectivity index (χ0v) is 9.84. The highest BCUT2D eigenvalue weighted by molar-refractivity contribution is 5.22. The van der Waals surface area contributed by atoms with E-state index in [0.29, 0.717) is 12.1 Å². The van der Waals surface area contributed by atoms with Gasteiger partial charge in [-0.3, -0.25) is 0 Å². The molecule has 1 fully saturated rings. The quantitative estimate of drug-likeness (QED) is 0.829. The summed E-state index contributed by atoms with van der Waals surface area (Å²) in [5.74, 6) is -1.61. The molecule has 2 nitrogen and oxygen atoms in total. The standard InChI is InChI=1S/C13H17F2NO/c1-9(16-7-13(8-17)5-6-13)10-3-2-4-11(14)12(10)15/h2-4,9,16-17H,5-8H2,1H3. The normalized spacial score (nSPS) is 19.1. The second-order valence-electron chi connectivity index (χ2n) is 4.90. The van der Waals surface area contributed by atoms with Crippen molar-refractivity contribution >= 4 is 0 Å². The molecule has 1 atom stereocenters. The fourth-order valence-electron chi connectivity index (χ4n) is 1.90. The molecule has 1 aromatic carbocycles. The third-order valence-corrected chi connectivity index (χ3v) is 3.52. The molecule has 0 amide bonds. The van der Waals surface area contributed by atoms with Crippen molar-refractivity contribution in [2.24, 2.45) is 5.41 Å². The van der Waals surface area contributed by atoms with Crippen molar-refractivity contribution in [1.82, 2.24) is 5.32 Å². The second kappa shape index (κ2) is 4.70. The highest BCUT2D eigenvalue weighted by Gasteiger charge is 2.41. The van der Waals surface area contributed by atoms with E-state index in [9.17, 15) is 8.78 Å². The summed E-state index contributed by atoms with van der Waals surface area (Å²) in [7, 11) is 0. The monoisotopic (exact) mass is 241 g/mol. The van der Waals surface area contributed by atoms with E-state index in [0.717, 1.165) is 18.9 Å². The Hall–Kier alpha value is -1.00. The molecule has 17 heavy (non-hydrogen) atoms. The van der Waals surface area contributed by atoms with Gasteiger partial charge in [-0.05, 0) is 25.8 Å². The van der Waals surface area contributed by atoms with Gasteiger partial charge in [0, 0.05) is 30.2 Å². The molecular formula is C13H17F2NO. The number of nitrogens with one attached hydrogen (secondary N) is 1. The van der Waals surface area contributed by atoms with Gasteiger partial charge < -0.3 is 10.4 Å². The van der Waals surface area contributed by atoms with Gasteiger partial charge in [-0.25, -0.2) is 8.78 Å². The Morgan fingerprint density at radius 1 is 1.41 bits per heavy atom. The summed E-state index contributed by atoms with van der Waals surface area (Å²) in [5.41, 5.74) is 0.302. The van der Waals surface area contributed by atoms with E-state index in [4.69, 9.17) is 5.11 Å². The Morgan fingerprint density at radius 3 is 2.71 bits per heavy atom. The molecule has 0 saturated heterocycles. The van der Waals surface area contributed by atoms with Crippen molar-refractivity contribution in [3.63, 3.8) is 0 Å². The summed E-state index contributed by atoms with van der Waals surface area (Å²) in [4.78, 5) is 0. The summed E-state index contributed by atoms with van der Waals surface area (Å²) >= 11 is 0. The fourth-order valence-corrected chi connectivity index (χ4v) is 1.90. The molecule has 0 bridgehead atoms. The molecule has 1 aliphatic carbocycles. The Kier molecular flexibility index (Phi) is 3.45. The van der Waals surface area contributed by atoms with Crippen molar-refractivity contribution in [2.75, 3.05) is 13.2 Å². The number of benzene rings is 1. The molecule has 0 spiro atoms. The first-order valence-electron chi connectivity index (χ1n) is 5.86. The minimum atomic E-state index is -0.820. The zero-order chi connectivity index (χ0) is 12.5. The van der Waals surface area contributed by atoms with E-state index in [2.05, 4.69) is 5.32 Å². The first-order chi connectivity index (χ1) is 8.08. The summed E-state index contributed by atoms with van der Waals surface area (Å²) < 4.78 is 26.6. The van der Waals surface area contributed by atoms with Crippen molar-refractivity contribution in [1.29, 1.82) is 0 Å². The molecule has 1 aliphatic rings. The first kappa shape index (κ1) is 12.5. The van der Waals surface area contributed by atoms with Gasteiger partial charge >= 0.3 is 0 Å². The van der Waals surface area contributed by atoms with Gasteiger partial charge in [0.05, 0.1) is 0 Å². The largest absolute Gasteiger partial charge is 0.396 e. The van der Waals surface area contributed by atoms with E-state index in [-0.39, 0.29) is 18.1 Å². The molecule has 1 aromatic rings. The summed E-state index contributed by atoms with van der Waals surface area (Å²) in [5, 5.41) is 12.3. The van der Waals surface area contributed by atoms with Gasteiger partial charge in [0.15, 0.2) is 11.6 Å². The molecule has 1 saturated carbocycles. The van der Waals surface area contributed by atoms with E-state index in [1.54, 1.807) is 13.0 Å². The lowest BCUT2D eigenvalue weighted by atomic mass is 10.0. The van der Waals surface area contributed by atoms with Gasteiger partial charge in [0.1, 0.15) is 0 Å². The Balaban J connectivity index is 2.00. The van der Waals surface area contributed by atoms with Crippen LogP contribution in [0, 0.1) is 17.0 Å². The summed E-state index contributed by atoms with van der Waals surface area (Å²) in [6.07, 6.45) is 1.99. The van der Waals surface area contributed by atoms with Crippen LogP contribution in [0.25, 0.3) is 0 Å². The Bertz CT molecular complexity index is 404. The topological polar surface area (TPSA) is 32.3 Å². The molecule has 0 radical (unpaired) electrons. The highest BCUT2D eigenvalue weighted by Crippen LogP contribution is 2.44. The molecule has 4 heteroatoms. The number of aliphatic hydroxyl groups excluding tert-OH is 1. The van der Waals surface area contributed by atoms with Crippen LogP contribution in [-0.2, 0) is 0 Å². The van der Waals surface area contributed by atoms with Crippen molar-refractivity contribution in [3.05, 3.63) is 35.4 Å². The first-order valence-corrected chi connectivity index (χ1v) is 5.86.